The highest BCUT2D eigenvalue weighted by Crippen LogP contribution is 2.29. The van der Waals surface area contributed by atoms with Crippen molar-refractivity contribution in [3.63, 3.8) is 0 Å². The molecule has 2 aromatic carbocycles. The van der Waals surface area contributed by atoms with Crippen molar-refractivity contribution in [3.05, 3.63) is 95.6 Å². The molecule has 1 heteroatoms. The zero-order chi connectivity index (χ0) is 20.9. The summed E-state index contributed by atoms with van der Waals surface area (Å²) in [6.45, 7) is 17.6. The number of benzene rings is 2. The summed E-state index contributed by atoms with van der Waals surface area (Å²) in [6.07, 6.45) is 6.49. The normalized spacial score (nSPS) is 13.5. The van der Waals surface area contributed by atoms with E-state index < -0.39 is 0 Å². The number of hydrogen-bond donors (Lipinski definition) is 0. The number of rotatable bonds is 5. The fourth-order valence-electron chi connectivity index (χ4n) is 3.10. The SMILES string of the molecule is C=C/C(=C\C(=C/CI)c1ccc(C(C)(C)C)cc1)c1ccc(C(C)(C)C)cc1. The molecule has 0 radical (unpaired) electrons. The third-order valence-corrected chi connectivity index (χ3v) is 5.44. The van der Waals surface area contributed by atoms with Crippen molar-refractivity contribution in [2.24, 2.45) is 0 Å². The molecule has 0 saturated heterocycles. The Hall–Kier alpha value is -1.61. The number of hydrogen-bond acceptors (Lipinski definition) is 0. The zero-order valence-corrected chi connectivity index (χ0v) is 20.3. The first-order valence-electron chi connectivity index (χ1n) is 9.88. The van der Waals surface area contributed by atoms with Crippen LogP contribution in [0.3, 0.4) is 0 Å². The molecule has 0 N–H and O–H groups in total. The maximum atomic E-state index is 4.06. The quantitative estimate of drug-likeness (QED) is 0.227. The van der Waals surface area contributed by atoms with Gasteiger partial charge in [0.05, 0.1) is 0 Å². The predicted octanol–water partition coefficient (Wildman–Crippen LogP) is 8.37. The van der Waals surface area contributed by atoms with Crippen LogP contribution in [-0.2, 0) is 10.8 Å². The van der Waals surface area contributed by atoms with Crippen LogP contribution in [0, 0.1) is 0 Å². The van der Waals surface area contributed by atoms with Crippen LogP contribution in [0.25, 0.3) is 11.1 Å². The van der Waals surface area contributed by atoms with Gasteiger partial charge in [-0.05, 0) is 50.3 Å². The van der Waals surface area contributed by atoms with E-state index in [9.17, 15) is 0 Å². The summed E-state index contributed by atoms with van der Waals surface area (Å²) in [7, 11) is 0. The first kappa shape index (κ1) is 22.7. The van der Waals surface area contributed by atoms with E-state index in [1.165, 1.54) is 27.8 Å². The fraction of sp³-hybridized carbons (Fsp3) is 0.333. The lowest BCUT2D eigenvalue weighted by Gasteiger charge is -2.20. The van der Waals surface area contributed by atoms with Gasteiger partial charge in [-0.1, -0.05) is 131 Å². The highest BCUT2D eigenvalue weighted by atomic mass is 127. The summed E-state index contributed by atoms with van der Waals surface area (Å²) in [5.41, 5.74) is 7.88. The van der Waals surface area contributed by atoms with Crippen LogP contribution in [0.4, 0.5) is 0 Å². The predicted molar refractivity (Wildman–Crippen MR) is 135 cm³/mol. The van der Waals surface area contributed by atoms with Crippen molar-refractivity contribution in [3.8, 4) is 0 Å². The average molecular weight is 484 g/mol. The first-order valence-corrected chi connectivity index (χ1v) is 11.4. The molecule has 2 aromatic rings. The highest BCUT2D eigenvalue weighted by molar-refractivity contribution is 14.1. The molecule has 28 heavy (non-hydrogen) atoms. The summed E-state index contributed by atoms with van der Waals surface area (Å²) < 4.78 is 0.970. The Morgan fingerprint density at radius 1 is 0.750 bits per heavy atom. The van der Waals surface area contributed by atoms with E-state index in [1.807, 2.05) is 6.08 Å². The van der Waals surface area contributed by atoms with Gasteiger partial charge in [-0.3, -0.25) is 0 Å². The minimum atomic E-state index is 0.164. The Bertz CT molecular complexity index is 848. The minimum Gasteiger partial charge on any atom is -0.0984 e. The number of alkyl halides is 1. The molecule has 0 aliphatic carbocycles. The van der Waals surface area contributed by atoms with E-state index in [1.54, 1.807) is 0 Å². The van der Waals surface area contributed by atoms with E-state index in [-0.39, 0.29) is 10.8 Å². The van der Waals surface area contributed by atoms with Crippen LogP contribution in [0.2, 0.25) is 0 Å². The lowest BCUT2D eigenvalue weighted by molar-refractivity contribution is 0.590. The van der Waals surface area contributed by atoms with Gasteiger partial charge in [0.25, 0.3) is 0 Å². The van der Waals surface area contributed by atoms with Crippen molar-refractivity contribution in [1.82, 2.24) is 0 Å². The molecule has 0 fully saturated rings. The molecule has 0 unspecified atom stereocenters. The molecular formula is C27H33I. The van der Waals surface area contributed by atoms with Gasteiger partial charge >= 0.3 is 0 Å². The van der Waals surface area contributed by atoms with Gasteiger partial charge in [-0.2, -0.15) is 0 Å². The first-order chi connectivity index (χ1) is 13.1. The summed E-state index contributed by atoms with van der Waals surface area (Å²) in [5.74, 6) is 0. The molecule has 148 valence electrons. The molecule has 0 atom stereocenters. The molecule has 0 bridgehead atoms. The Morgan fingerprint density at radius 2 is 1.14 bits per heavy atom. The molecule has 0 heterocycles. The van der Waals surface area contributed by atoms with Gasteiger partial charge < -0.3 is 0 Å². The van der Waals surface area contributed by atoms with Gasteiger partial charge in [-0.25, -0.2) is 0 Å². The Kier molecular flexibility index (Phi) is 7.50. The molecule has 0 amide bonds. The van der Waals surface area contributed by atoms with Crippen LogP contribution in [0.15, 0.2) is 73.3 Å². The maximum absolute atomic E-state index is 4.06. The lowest BCUT2D eigenvalue weighted by Crippen LogP contribution is -2.10. The molecule has 2 rings (SSSR count). The van der Waals surface area contributed by atoms with Gasteiger partial charge in [-0.15, -0.1) is 0 Å². The van der Waals surface area contributed by atoms with Crippen LogP contribution in [-0.4, -0.2) is 4.43 Å². The molecule has 0 aliphatic heterocycles. The summed E-state index contributed by atoms with van der Waals surface area (Å²) in [4.78, 5) is 0. The Balaban J connectivity index is 2.41. The fourth-order valence-corrected chi connectivity index (χ4v) is 3.57. The lowest BCUT2D eigenvalue weighted by atomic mass is 9.85. The van der Waals surface area contributed by atoms with Crippen molar-refractivity contribution < 1.29 is 0 Å². The van der Waals surface area contributed by atoms with Crippen molar-refractivity contribution in [1.29, 1.82) is 0 Å². The van der Waals surface area contributed by atoms with Crippen LogP contribution in [0.1, 0.15) is 63.8 Å². The topological polar surface area (TPSA) is 0 Å². The molecule has 0 aromatic heterocycles. The monoisotopic (exact) mass is 484 g/mol. The largest absolute Gasteiger partial charge is 0.0984 e. The molecule has 0 aliphatic rings. The smallest absolute Gasteiger partial charge is 0.0184 e. The number of allylic oxidation sites excluding steroid dienone is 5. The van der Waals surface area contributed by atoms with E-state index in [0.29, 0.717) is 0 Å². The summed E-state index contributed by atoms with van der Waals surface area (Å²) in [5, 5.41) is 0. The average Bonchev–Trinajstić information content (AvgIpc) is 2.64. The van der Waals surface area contributed by atoms with Crippen LogP contribution < -0.4 is 0 Å². The van der Waals surface area contributed by atoms with E-state index >= 15 is 0 Å². The van der Waals surface area contributed by atoms with Crippen molar-refractivity contribution >= 4 is 33.7 Å². The van der Waals surface area contributed by atoms with E-state index in [2.05, 4.69) is 131 Å². The third-order valence-electron chi connectivity index (χ3n) is 5.00. The second kappa shape index (κ2) is 9.26. The van der Waals surface area contributed by atoms with Crippen LogP contribution in [0.5, 0.6) is 0 Å². The minimum absolute atomic E-state index is 0.164. The maximum Gasteiger partial charge on any atom is 0.0184 e. The van der Waals surface area contributed by atoms with Gasteiger partial charge in [0.1, 0.15) is 0 Å². The summed E-state index contributed by atoms with van der Waals surface area (Å²) in [6, 6.07) is 17.8. The molecule has 0 saturated carbocycles. The van der Waals surface area contributed by atoms with Crippen molar-refractivity contribution in [2.45, 2.75) is 52.4 Å². The standard InChI is InChI=1S/C27H33I/c1-8-20(21-9-13-24(14-10-21)26(2,3)4)19-23(17-18-28)22-11-15-25(16-12-22)27(5,6)7/h8-17,19H,1,18H2,2-7H3/b20-19+,23-17+. The summed E-state index contributed by atoms with van der Waals surface area (Å²) >= 11 is 2.40. The second-order valence-electron chi connectivity index (χ2n) is 9.27. The third kappa shape index (κ3) is 5.94. The van der Waals surface area contributed by atoms with E-state index in [4.69, 9.17) is 0 Å². The van der Waals surface area contributed by atoms with Crippen molar-refractivity contribution in [2.75, 3.05) is 4.43 Å². The molecule has 0 nitrogen and oxygen atoms in total. The Morgan fingerprint density at radius 3 is 1.46 bits per heavy atom. The zero-order valence-electron chi connectivity index (χ0n) is 18.1. The van der Waals surface area contributed by atoms with Gasteiger partial charge in [0.2, 0.25) is 0 Å². The second-order valence-corrected chi connectivity index (χ2v) is 10.2. The molecule has 0 spiro atoms. The Labute approximate surface area is 185 Å². The van der Waals surface area contributed by atoms with E-state index in [0.717, 1.165) is 10.0 Å². The van der Waals surface area contributed by atoms with Gasteiger partial charge in [0, 0.05) is 4.43 Å². The van der Waals surface area contributed by atoms with Gasteiger partial charge in [0.15, 0.2) is 0 Å². The number of halogens is 1. The molecular weight excluding hydrogens is 451 g/mol. The van der Waals surface area contributed by atoms with Crippen LogP contribution >= 0.6 is 22.6 Å². The highest BCUT2D eigenvalue weighted by Gasteiger charge is 2.14.